The Kier molecular flexibility index (Phi) is 31.2. The van der Waals surface area contributed by atoms with E-state index in [0.717, 1.165) is 323 Å². The first-order valence-electron chi connectivity index (χ1n) is 52.1. The van der Waals surface area contributed by atoms with Crippen molar-refractivity contribution in [2.24, 2.45) is 0 Å². The Bertz CT molecular complexity index is 5560. The van der Waals surface area contributed by atoms with Crippen molar-refractivity contribution in [1.82, 2.24) is 105 Å². The van der Waals surface area contributed by atoms with E-state index in [1.807, 2.05) is 97.1 Å². The van der Waals surface area contributed by atoms with E-state index >= 15 is 0 Å². The van der Waals surface area contributed by atoms with E-state index < -0.39 is 0 Å². The molecule has 21 rings (SSSR count). The third-order valence-electron chi connectivity index (χ3n) is 27.4. The smallest absolute Gasteiger partial charge is 0.233 e. The van der Waals surface area contributed by atoms with Gasteiger partial charge in [0.1, 0.15) is 0 Å². The second-order valence-electron chi connectivity index (χ2n) is 38.3. The summed E-state index contributed by atoms with van der Waals surface area (Å²) in [5.74, 6) is 10.8. The summed E-state index contributed by atoms with van der Waals surface area (Å²) in [5, 5.41) is 41.5. The number of piperidine rings is 8. The highest BCUT2D eigenvalue weighted by Gasteiger charge is 2.28. The van der Waals surface area contributed by atoms with E-state index in [2.05, 4.69) is 161 Å². The van der Waals surface area contributed by atoms with Gasteiger partial charge in [0.05, 0.1) is 0 Å². The van der Waals surface area contributed by atoms with Gasteiger partial charge in [-0.25, -0.2) is 0 Å². The highest BCUT2D eigenvalue weighted by atomic mass is 35.5. The molecule has 0 atom stereocenters. The molecule has 8 saturated heterocycles. The predicted molar refractivity (Wildman–Crippen MR) is 575 cm³/mol. The van der Waals surface area contributed by atoms with Gasteiger partial charge in [0, 0.05) is 178 Å². The second kappa shape index (κ2) is 47.3. The van der Waals surface area contributed by atoms with Crippen LogP contribution in [0.15, 0.2) is 146 Å². The van der Waals surface area contributed by atoms with Gasteiger partial charge >= 0.3 is 0 Å². The van der Waals surface area contributed by atoms with Crippen molar-refractivity contribution in [3.63, 3.8) is 0 Å². The molecule has 145 heavy (non-hydrogen) atoms. The maximum atomic E-state index is 6.64. The van der Waals surface area contributed by atoms with E-state index in [4.69, 9.17) is 106 Å². The minimum Gasteiger partial charge on any atom is -0.350 e. The second-order valence-corrected chi connectivity index (χ2v) is 38.7. The van der Waals surface area contributed by atoms with Crippen LogP contribution in [0.3, 0.4) is 0 Å². The molecule has 0 saturated carbocycles. The van der Waals surface area contributed by atoms with Crippen molar-refractivity contribution in [2.45, 2.75) is 193 Å². The van der Waals surface area contributed by atoms with Crippen LogP contribution in [-0.2, 0) is 39.3 Å². The number of nitrogens with zero attached hydrogens (tertiary/aromatic N) is 29. The summed E-state index contributed by atoms with van der Waals surface area (Å²) in [6, 6.07) is 48.5. The van der Waals surface area contributed by atoms with Gasteiger partial charge in [0.25, 0.3) is 0 Å². The van der Waals surface area contributed by atoms with Gasteiger partial charge in [-0.05, 0) is 272 Å². The molecule has 0 amide bonds. The number of rotatable bonds is 38. The largest absolute Gasteiger partial charge is 0.350 e. The summed E-state index contributed by atoms with van der Waals surface area (Å²) in [6.45, 7) is 18.0. The first kappa shape index (κ1) is 95.8. The van der Waals surface area contributed by atoms with Crippen LogP contribution in [0.5, 0.6) is 0 Å². The zero-order chi connectivity index (χ0) is 97.5. The Morgan fingerprint density at radius 2 is 0.283 bits per heavy atom. The topological polar surface area (TPSA) is 441 Å². The van der Waals surface area contributed by atoms with E-state index in [1.54, 1.807) is 0 Å². The maximum absolute atomic E-state index is 6.64. The highest BCUT2D eigenvalue weighted by molar-refractivity contribution is 6.28. The summed E-state index contributed by atoms with van der Waals surface area (Å²) < 4.78 is 0. The lowest BCUT2D eigenvalue weighted by atomic mass is 10.1. The monoisotopic (exact) mass is 1970 g/mol. The average molecular weight is 1980 g/mol. The number of benzene rings is 6. The van der Waals surface area contributed by atoms with Gasteiger partial charge in [-0.1, -0.05) is 72.8 Å². The van der Waals surface area contributed by atoms with Crippen LogP contribution in [0.25, 0.3) is 0 Å². The third kappa shape index (κ3) is 26.6. The van der Waals surface area contributed by atoms with Crippen molar-refractivity contribution in [2.75, 3.05) is 208 Å². The first-order chi connectivity index (χ1) is 71.5. The molecule has 41 nitrogen and oxygen atoms in total. The maximum Gasteiger partial charge on any atom is 0.233 e. The van der Waals surface area contributed by atoms with Crippen LogP contribution in [0.1, 0.15) is 187 Å². The minimum atomic E-state index is 0.00492. The SMILES string of the molecule is Clc1nc(Nc2ccc(CNc3nc(Nc4ccc(CNc5nc(N6CCCCC6)nc(N6CCCCC6)n5)cc4)nc(Nc4ccc(CNc5nc(N6CCCCC6)nc(N6CCCCC6)n5)cc4)n3)cc2)nc(Nc2ccc(CNc3nc(Nc4ccc(CNc5nc(N6CCCCC6)nc(N6CCCCC6)n5)cc4)nc(Nc4ccc(CNc5nc(N6CCCCC6)nc(N6CCCCC6)n5)cc4)n3)cc2)n1. The van der Waals surface area contributed by atoms with Crippen LogP contribution < -0.4 is 103 Å². The molecule has 0 aliphatic carbocycles. The standard InChI is InChI=1S/C103H128ClN41/c104-83-117-90(111-77-37-25-71(26-38-77)65-105-84-119-92(113-79-41-29-73(30-42-79)67-107-86-126-96(138-49-9-1-10-50-138)134-97(127-86)139-51-11-2-12-52-139)124-93(120-84)114-80-43-31-74(32-44-80)68-108-87-128-98(140-53-13-3-14-54-140)135-99(129-87)141-55-15-4-16-56-141)123-91(118-83)112-78-39-27-72(28-40-78)66-106-85-121-94(115-81-45-33-75(34-46-81)69-109-88-130-100(142-57-17-5-18-58-142)136-101(131-88)143-59-19-6-20-60-143)125-95(122-85)116-82-47-35-76(36-48-82)70-110-89-132-102(144-61-21-7-22-62-144)137-103(133-89)145-63-23-8-24-64-145/h25-48H,1-24,49-70H2,(H,107,126,127,134)(H,108,128,129,135)(H,109,130,131,136)(H,110,132,133,137)(H2,111,112,117,118,123)(H3,105,113,114,119,120,124)(H3,106,115,116,121,122,125). The molecule has 0 unspecified atom stereocenters. The lowest BCUT2D eigenvalue weighted by molar-refractivity contribution is 0.556. The molecule has 15 heterocycles. The van der Waals surface area contributed by atoms with Gasteiger partial charge in [-0.2, -0.15) is 105 Å². The van der Waals surface area contributed by atoms with Crippen LogP contribution in [-0.4, -0.2) is 209 Å². The highest BCUT2D eigenvalue weighted by Crippen LogP contribution is 2.34. The van der Waals surface area contributed by atoms with Crippen LogP contribution in [0.4, 0.5) is 153 Å². The molecule has 42 heteroatoms. The van der Waals surface area contributed by atoms with Crippen LogP contribution >= 0.6 is 11.6 Å². The van der Waals surface area contributed by atoms with E-state index in [1.165, 1.54) is 51.4 Å². The Morgan fingerprint density at radius 3 is 0.434 bits per heavy atom. The number of hydrogen-bond donors (Lipinski definition) is 12. The molecule has 7 aromatic heterocycles. The first-order valence-corrected chi connectivity index (χ1v) is 52.5. The Hall–Kier alpha value is -15.3. The molecule has 0 radical (unpaired) electrons. The summed E-state index contributed by atoms with van der Waals surface area (Å²) >= 11 is 6.64. The normalized spacial score (nSPS) is 16.4. The van der Waals surface area contributed by atoms with Crippen molar-refractivity contribution >= 4 is 165 Å². The van der Waals surface area contributed by atoms with E-state index in [0.29, 0.717) is 98.8 Å². The van der Waals surface area contributed by atoms with Crippen LogP contribution in [0, 0.1) is 0 Å². The number of nitrogens with one attached hydrogen (secondary N) is 12. The molecule has 0 bridgehead atoms. The minimum absolute atomic E-state index is 0.00492. The van der Waals surface area contributed by atoms with Crippen molar-refractivity contribution in [3.8, 4) is 0 Å². The third-order valence-corrected chi connectivity index (χ3v) is 27.6. The summed E-state index contributed by atoms with van der Waals surface area (Å²) in [5.41, 5.74) is 10.7. The van der Waals surface area contributed by atoms with E-state index in [-0.39, 0.29) is 17.2 Å². The molecule has 13 aromatic rings. The molecule has 8 aliphatic heterocycles. The molecule has 0 spiro atoms. The molecule has 752 valence electrons. The summed E-state index contributed by atoms with van der Waals surface area (Å²) in [7, 11) is 0. The van der Waals surface area contributed by atoms with E-state index in [9.17, 15) is 0 Å². The zero-order valence-corrected chi connectivity index (χ0v) is 83.0. The average Bonchev–Trinajstić information content (AvgIpc) is 0.872. The number of halogens is 1. The quantitative estimate of drug-likeness (QED) is 0.0171. The van der Waals surface area contributed by atoms with Gasteiger partial charge in [-0.15, -0.1) is 0 Å². The van der Waals surface area contributed by atoms with Crippen LogP contribution in [0.2, 0.25) is 5.28 Å². The molecule has 8 fully saturated rings. The summed E-state index contributed by atoms with van der Waals surface area (Å²) in [4.78, 5) is 121. The summed E-state index contributed by atoms with van der Waals surface area (Å²) in [6.07, 6.45) is 27.9. The fourth-order valence-electron chi connectivity index (χ4n) is 19.3. The fraction of sp³-hybridized carbons (Fsp3) is 0.447. The van der Waals surface area contributed by atoms with Gasteiger partial charge in [-0.3, -0.25) is 0 Å². The zero-order valence-electron chi connectivity index (χ0n) is 82.2. The Labute approximate surface area is 849 Å². The lowest BCUT2D eigenvalue weighted by Gasteiger charge is -2.30. The van der Waals surface area contributed by atoms with Gasteiger partial charge in [0.2, 0.25) is 124 Å². The Morgan fingerprint density at radius 1 is 0.152 bits per heavy atom. The molecule has 6 aromatic carbocycles. The van der Waals surface area contributed by atoms with Crippen molar-refractivity contribution in [3.05, 3.63) is 184 Å². The fourth-order valence-corrected chi connectivity index (χ4v) is 19.5. The number of anilines is 26. The predicted octanol–water partition coefficient (Wildman–Crippen LogP) is 17.7. The molecular formula is C103H128ClN41. The number of aromatic nitrogens is 21. The Balaban J connectivity index is 0.467. The molecule has 12 N–H and O–H groups in total. The lowest BCUT2D eigenvalue weighted by Crippen LogP contribution is -2.34. The molecule has 8 aliphatic rings. The number of hydrogen-bond acceptors (Lipinski definition) is 41. The van der Waals surface area contributed by atoms with Crippen molar-refractivity contribution in [1.29, 1.82) is 0 Å². The van der Waals surface area contributed by atoms with Gasteiger partial charge < -0.3 is 103 Å². The molecular weight excluding hydrogens is 1850 g/mol. The van der Waals surface area contributed by atoms with Crippen molar-refractivity contribution < 1.29 is 0 Å². The van der Waals surface area contributed by atoms with Gasteiger partial charge in [0.15, 0.2) is 0 Å².